The van der Waals surface area contributed by atoms with Crippen molar-refractivity contribution < 1.29 is 9.90 Å². The number of aromatic nitrogens is 2. The Morgan fingerprint density at radius 1 is 1.24 bits per heavy atom. The topological polar surface area (TPSA) is 75.1 Å². The smallest absolute Gasteiger partial charge is 0.325 e. The monoisotopic (exact) mass is 339 g/mol. The molecule has 0 radical (unpaired) electrons. The van der Waals surface area contributed by atoms with Gasteiger partial charge in [-0.3, -0.25) is 4.79 Å². The fourth-order valence-corrected chi connectivity index (χ4v) is 2.42. The van der Waals surface area contributed by atoms with Gasteiger partial charge in [-0.1, -0.05) is 51.6 Å². The standard InChI is InChI=1S/C20H25N3O2/c1-12(22-14(3)19(24)25)17-11-21-18(23-13(17)2)15-7-9-16(10-8-15)20(4,5)6/h7-11,14,22H,1H2,2-6H3,(H,24,25)/t14-/m0/s1. The highest BCUT2D eigenvalue weighted by atomic mass is 16.4. The number of carboxylic acids is 1. The third-order valence-electron chi connectivity index (χ3n) is 4.07. The highest BCUT2D eigenvalue weighted by Gasteiger charge is 2.16. The van der Waals surface area contributed by atoms with E-state index in [-0.39, 0.29) is 5.41 Å². The van der Waals surface area contributed by atoms with Crippen LogP contribution in [0.1, 0.15) is 44.5 Å². The molecule has 0 spiro atoms. The van der Waals surface area contributed by atoms with Crippen molar-refractivity contribution in [1.82, 2.24) is 15.3 Å². The lowest BCUT2D eigenvalue weighted by molar-refractivity contribution is -0.138. The second-order valence-electron chi connectivity index (χ2n) is 7.20. The number of hydrogen-bond donors (Lipinski definition) is 2. The van der Waals surface area contributed by atoms with Crippen LogP contribution in [-0.2, 0) is 10.2 Å². The largest absolute Gasteiger partial charge is 0.480 e. The first-order valence-electron chi connectivity index (χ1n) is 8.23. The molecule has 1 atom stereocenters. The van der Waals surface area contributed by atoms with Crippen LogP contribution in [-0.4, -0.2) is 27.1 Å². The molecule has 0 fully saturated rings. The van der Waals surface area contributed by atoms with Crippen LogP contribution in [0.5, 0.6) is 0 Å². The number of aliphatic carboxylic acids is 1. The molecule has 5 heteroatoms. The Morgan fingerprint density at radius 2 is 1.84 bits per heavy atom. The van der Waals surface area contributed by atoms with E-state index >= 15 is 0 Å². The lowest BCUT2D eigenvalue weighted by Crippen LogP contribution is -2.32. The third-order valence-corrected chi connectivity index (χ3v) is 4.07. The molecule has 0 aliphatic carbocycles. The summed E-state index contributed by atoms with van der Waals surface area (Å²) in [5.41, 5.74) is 4.26. The fraction of sp³-hybridized carbons (Fsp3) is 0.350. The Hall–Kier alpha value is -2.69. The average Bonchev–Trinajstić information content (AvgIpc) is 2.53. The molecule has 2 N–H and O–H groups in total. The molecule has 25 heavy (non-hydrogen) atoms. The molecule has 0 aliphatic heterocycles. The Balaban J connectivity index is 2.24. The van der Waals surface area contributed by atoms with Gasteiger partial charge in [0, 0.05) is 23.0 Å². The molecule has 2 rings (SSSR count). The minimum absolute atomic E-state index is 0.101. The number of rotatable bonds is 5. The molecule has 1 heterocycles. The van der Waals surface area contributed by atoms with Gasteiger partial charge in [-0.05, 0) is 24.8 Å². The zero-order valence-corrected chi connectivity index (χ0v) is 15.4. The van der Waals surface area contributed by atoms with Gasteiger partial charge in [0.15, 0.2) is 5.82 Å². The van der Waals surface area contributed by atoms with E-state index < -0.39 is 12.0 Å². The van der Waals surface area contributed by atoms with Crippen molar-refractivity contribution in [3.05, 3.63) is 53.9 Å². The summed E-state index contributed by atoms with van der Waals surface area (Å²) in [6.45, 7) is 13.8. The van der Waals surface area contributed by atoms with E-state index in [1.165, 1.54) is 5.56 Å². The quantitative estimate of drug-likeness (QED) is 0.867. The summed E-state index contributed by atoms with van der Waals surface area (Å²) in [6.07, 6.45) is 1.68. The molecule has 1 aromatic heterocycles. The zero-order valence-electron chi connectivity index (χ0n) is 15.4. The van der Waals surface area contributed by atoms with Crippen LogP contribution in [0.15, 0.2) is 37.0 Å². The van der Waals surface area contributed by atoms with Gasteiger partial charge in [0.25, 0.3) is 0 Å². The average molecular weight is 339 g/mol. The van der Waals surface area contributed by atoms with Crippen molar-refractivity contribution in [1.29, 1.82) is 0 Å². The predicted octanol–water partition coefficient (Wildman–Crippen LogP) is 3.78. The van der Waals surface area contributed by atoms with Crippen LogP contribution in [0.2, 0.25) is 0 Å². The van der Waals surface area contributed by atoms with Gasteiger partial charge in [-0.15, -0.1) is 0 Å². The summed E-state index contributed by atoms with van der Waals surface area (Å²) in [4.78, 5) is 19.9. The summed E-state index contributed by atoms with van der Waals surface area (Å²) >= 11 is 0. The minimum atomic E-state index is -0.935. The fourth-order valence-electron chi connectivity index (χ4n) is 2.42. The first-order valence-corrected chi connectivity index (χ1v) is 8.23. The van der Waals surface area contributed by atoms with E-state index in [0.29, 0.717) is 17.1 Å². The van der Waals surface area contributed by atoms with E-state index in [0.717, 1.165) is 11.3 Å². The molecule has 1 aromatic carbocycles. The van der Waals surface area contributed by atoms with Crippen LogP contribution in [0.25, 0.3) is 17.1 Å². The Bertz CT molecular complexity index is 790. The summed E-state index contributed by atoms with van der Waals surface area (Å²) < 4.78 is 0. The van der Waals surface area contributed by atoms with Gasteiger partial charge in [-0.25, -0.2) is 9.97 Å². The summed E-state index contributed by atoms with van der Waals surface area (Å²) in [7, 11) is 0. The number of nitrogens with one attached hydrogen (secondary N) is 1. The maximum absolute atomic E-state index is 11.0. The molecule has 0 saturated carbocycles. The zero-order chi connectivity index (χ0) is 18.8. The van der Waals surface area contributed by atoms with Crippen molar-refractivity contribution in [3.8, 4) is 11.4 Å². The second-order valence-corrected chi connectivity index (χ2v) is 7.20. The molecule has 0 bridgehead atoms. The van der Waals surface area contributed by atoms with E-state index in [1.807, 2.05) is 19.1 Å². The van der Waals surface area contributed by atoms with Gasteiger partial charge in [-0.2, -0.15) is 0 Å². The number of carbonyl (C=O) groups is 1. The molecule has 0 amide bonds. The van der Waals surface area contributed by atoms with E-state index in [1.54, 1.807) is 13.1 Å². The second kappa shape index (κ2) is 7.05. The molecular formula is C20H25N3O2. The molecular weight excluding hydrogens is 314 g/mol. The molecule has 0 aliphatic rings. The van der Waals surface area contributed by atoms with Gasteiger partial charge < -0.3 is 10.4 Å². The first kappa shape index (κ1) is 18.6. The highest BCUT2D eigenvalue weighted by Crippen LogP contribution is 2.25. The summed E-state index contributed by atoms with van der Waals surface area (Å²) in [5.74, 6) is -0.295. The summed E-state index contributed by atoms with van der Waals surface area (Å²) in [6, 6.07) is 7.51. The van der Waals surface area contributed by atoms with Gasteiger partial charge in [0.2, 0.25) is 0 Å². The van der Waals surface area contributed by atoms with Crippen LogP contribution < -0.4 is 5.32 Å². The Kier molecular flexibility index (Phi) is 5.26. The number of hydrogen-bond acceptors (Lipinski definition) is 4. The molecule has 0 saturated heterocycles. The highest BCUT2D eigenvalue weighted by molar-refractivity contribution is 5.76. The molecule has 132 valence electrons. The van der Waals surface area contributed by atoms with E-state index in [2.05, 4.69) is 54.8 Å². The van der Waals surface area contributed by atoms with Gasteiger partial charge in [0.1, 0.15) is 6.04 Å². The van der Waals surface area contributed by atoms with Crippen LogP contribution in [0.4, 0.5) is 0 Å². The number of benzene rings is 1. The van der Waals surface area contributed by atoms with E-state index in [4.69, 9.17) is 5.11 Å². The maximum Gasteiger partial charge on any atom is 0.325 e. The normalized spacial score (nSPS) is 12.5. The first-order chi connectivity index (χ1) is 11.6. The number of aryl methyl sites for hydroxylation is 1. The van der Waals surface area contributed by atoms with Crippen molar-refractivity contribution in [2.75, 3.05) is 0 Å². The van der Waals surface area contributed by atoms with Crippen LogP contribution >= 0.6 is 0 Å². The van der Waals surface area contributed by atoms with Crippen molar-refractivity contribution >= 4 is 11.7 Å². The third kappa shape index (κ3) is 4.44. The van der Waals surface area contributed by atoms with E-state index in [9.17, 15) is 4.79 Å². The van der Waals surface area contributed by atoms with Gasteiger partial charge >= 0.3 is 5.97 Å². The Labute approximate surface area is 148 Å². The van der Waals surface area contributed by atoms with Crippen LogP contribution in [0.3, 0.4) is 0 Å². The maximum atomic E-state index is 11.0. The predicted molar refractivity (Wildman–Crippen MR) is 100 cm³/mol. The molecule has 0 unspecified atom stereocenters. The molecule has 5 nitrogen and oxygen atoms in total. The van der Waals surface area contributed by atoms with Crippen molar-refractivity contribution in [2.24, 2.45) is 0 Å². The van der Waals surface area contributed by atoms with Crippen LogP contribution in [0, 0.1) is 6.92 Å². The summed E-state index contributed by atoms with van der Waals surface area (Å²) in [5, 5.41) is 11.8. The SMILES string of the molecule is C=C(N[C@@H](C)C(=O)O)c1cnc(-c2ccc(C(C)(C)C)cc2)nc1C. The number of nitrogens with zero attached hydrogens (tertiary/aromatic N) is 2. The minimum Gasteiger partial charge on any atom is -0.480 e. The van der Waals surface area contributed by atoms with Crippen molar-refractivity contribution in [2.45, 2.75) is 46.1 Å². The van der Waals surface area contributed by atoms with Gasteiger partial charge in [0.05, 0.1) is 5.69 Å². The number of carboxylic acid groups (broad SMARTS) is 1. The van der Waals surface area contributed by atoms with Crippen molar-refractivity contribution in [3.63, 3.8) is 0 Å². The Morgan fingerprint density at radius 3 is 2.32 bits per heavy atom. The molecule has 2 aromatic rings. The lowest BCUT2D eigenvalue weighted by Gasteiger charge is -2.19. The lowest BCUT2D eigenvalue weighted by atomic mass is 9.87.